The third kappa shape index (κ3) is 2.06. The maximum absolute atomic E-state index is 10.3. The lowest BCUT2D eigenvalue weighted by Crippen LogP contribution is -2.70. The van der Waals surface area contributed by atoms with Crippen molar-refractivity contribution in [3.8, 4) is 0 Å². The average Bonchev–Trinajstić information content (AvgIpc) is 2.90. The third-order valence-electron chi connectivity index (χ3n) is 9.45. The van der Waals surface area contributed by atoms with E-state index in [4.69, 9.17) is 5.73 Å². The summed E-state index contributed by atoms with van der Waals surface area (Å²) in [5.41, 5.74) is 7.90. The Morgan fingerprint density at radius 3 is 2.57 bits per heavy atom. The van der Waals surface area contributed by atoms with Crippen molar-refractivity contribution in [2.75, 3.05) is 0 Å². The Hall–Kier alpha value is -0.0800. The number of hydrogen-bond donors (Lipinski definition) is 2. The van der Waals surface area contributed by atoms with Gasteiger partial charge < -0.3 is 10.8 Å². The Balaban J connectivity index is 1.73. The summed E-state index contributed by atoms with van der Waals surface area (Å²) >= 11 is 0. The van der Waals surface area contributed by atoms with Crippen molar-refractivity contribution in [2.24, 2.45) is 40.2 Å². The minimum absolute atomic E-state index is 0.132. The lowest BCUT2D eigenvalue weighted by atomic mass is 9.40. The number of aliphatic hydroxyl groups excluding tert-OH is 1. The molecule has 6 unspecified atom stereocenters. The smallest absolute Gasteiger partial charge is 0.0558 e. The van der Waals surface area contributed by atoms with Crippen LogP contribution in [0.1, 0.15) is 85.0 Å². The van der Waals surface area contributed by atoms with E-state index in [9.17, 15) is 5.11 Å². The first kappa shape index (κ1) is 16.4. The van der Waals surface area contributed by atoms with Crippen molar-refractivity contribution in [1.82, 2.24) is 0 Å². The monoisotopic (exact) mass is 319 g/mol. The van der Waals surface area contributed by atoms with Crippen LogP contribution in [0.3, 0.4) is 0 Å². The van der Waals surface area contributed by atoms with E-state index < -0.39 is 0 Å². The summed E-state index contributed by atoms with van der Waals surface area (Å²) in [7, 11) is 0. The molecule has 0 aromatic heterocycles. The van der Waals surface area contributed by atoms with Gasteiger partial charge in [-0.3, -0.25) is 0 Å². The van der Waals surface area contributed by atoms with Crippen LogP contribution in [-0.2, 0) is 0 Å². The molecule has 0 heterocycles. The molecule has 23 heavy (non-hydrogen) atoms. The van der Waals surface area contributed by atoms with Gasteiger partial charge in [-0.25, -0.2) is 0 Å². The van der Waals surface area contributed by atoms with E-state index in [0.29, 0.717) is 11.3 Å². The minimum atomic E-state index is -0.168. The number of nitrogens with two attached hydrogens (primary N) is 1. The fraction of sp³-hybridized carbons (Fsp3) is 1.00. The highest BCUT2D eigenvalue weighted by molar-refractivity contribution is 5.17. The Labute approximate surface area is 142 Å². The van der Waals surface area contributed by atoms with Crippen molar-refractivity contribution in [1.29, 1.82) is 0 Å². The second-order valence-electron chi connectivity index (χ2n) is 10.2. The molecule has 2 nitrogen and oxygen atoms in total. The highest BCUT2D eigenvalue weighted by Gasteiger charge is 2.64. The van der Waals surface area contributed by atoms with Crippen LogP contribution in [0.4, 0.5) is 0 Å². The molecule has 4 aliphatic rings. The summed E-state index contributed by atoms with van der Waals surface area (Å²) in [5, 5.41) is 10.3. The molecule has 0 spiro atoms. The molecule has 0 aromatic rings. The second-order valence-corrected chi connectivity index (χ2v) is 10.2. The van der Waals surface area contributed by atoms with E-state index in [1.807, 2.05) is 0 Å². The van der Waals surface area contributed by atoms with Gasteiger partial charge in [0.25, 0.3) is 0 Å². The Bertz CT molecular complexity index is 478. The van der Waals surface area contributed by atoms with Crippen molar-refractivity contribution < 1.29 is 5.11 Å². The molecule has 4 saturated carbocycles. The van der Waals surface area contributed by atoms with Crippen LogP contribution in [0.5, 0.6) is 0 Å². The molecule has 8 atom stereocenters. The van der Waals surface area contributed by atoms with Crippen LogP contribution in [0, 0.1) is 34.5 Å². The van der Waals surface area contributed by atoms with Crippen LogP contribution in [0.25, 0.3) is 0 Å². The SMILES string of the molecule is CC[C@H]1CC2C3CCCC3(C)CCC2C2(C)CC[C@@H](O)CC12N. The Morgan fingerprint density at radius 1 is 1.04 bits per heavy atom. The maximum Gasteiger partial charge on any atom is 0.0558 e. The van der Waals surface area contributed by atoms with Gasteiger partial charge in [-0.2, -0.15) is 0 Å². The molecule has 2 heteroatoms. The topological polar surface area (TPSA) is 46.2 Å². The van der Waals surface area contributed by atoms with Gasteiger partial charge in [0.2, 0.25) is 0 Å². The van der Waals surface area contributed by atoms with Gasteiger partial charge in [0.05, 0.1) is 6.10 Å². The summed E-state index contributed by atoms with van der Waals surface area (Å²) in [4.78, 5) is 0. The van der Waals surface area contributed by atoms with E-state index in [2.05, 4.69) is 20.8 Å². The fourth-order valence-electron chi connectivity index (χ4n) is 8.06. The van der Waals surface area contributed by atoms with E-state index in [1.54, 1.807) is 0 Å². The van der Waals surface area contributed by atoms with Gasteiger partial charge in [-0.05, 0) is 85.9 Å². The molecular formula is C21H37NO. The molecule has 132 valence electrons. The predicted octanol–water partition coefficient (Wildman–Crippen LogP) is 4.50. The number of fused-ring (bicyclic) bond motifs is 5. The van der Waals surface area contributed by atoms with Crippen molar-refractivity contribution in [3.05, 3.63) is 0 Å². The lowest BCUT2D eigenvalue weighted by molar-refractivity contribution is -0.159. The molecule has 4 fully saturated rings. The molecule has 3 N–H and O–H groups in total. The third-order valence-corrected chi connectivity index (χ3v) is 9.45. The zero-order valence-electron chi connectivity index (χ0n) is 15.5. The molecule has 0 radical (unpaired) electrons. The van der Waals surface area contributed by atoms with Crippen LogP contribution < -0.4 is 5.73 Å². The average molecular weight is 320 g/mol. The molecule has 0 bridgehead atoms. The summed E-state index contributed by atoms with van der Waals surface area (Å²) in [6.45, 7) is 7.42. The molecular weight excluding hydrogens is 282 g/mol. The van der Waals surface area contributed by atoms with E-state index in [1.165, 1.54) is 44.9 Å². The van der Waals surface area contributed by atoms with Crippen molar-refractivity contribution >= 4 is 0 Å². The quantitative estimate of drug-likeness (QED) is 0.747. The van der Waals surface area contributed by atoms with Crippen molar-refractivity contribution in [2.45, 2.75) is 96.6 Å². The van der Waals surface area contributed by atoms with Crippen LogP contribution in [0.15, 0.2) is 0 Å². The molecule has 4 aliphatic carbocycles. The van der Waals surface area contributed by atoms with E-state index >= 15 is 0 Å². The molecule has 0 saturated heterocycles. The zero-order valence-corrected chi connectivity index (χ0v) is 15.5. The van der Waals surface area contributed by atoms with E-state index in [0.717, 1.165) is 37.0 Å². The Morgan fingerprint density at radius 2 is 1.83 bits per heavy atom. The second kappa shape index (κ2) is 5.21. The van der Waals surface area contributed by atoms with Gasteiger partial charge in [-0.15, -0.1) is 0 Å². The first-order chi connectivity index (χ1) is 10.8. The first-order valence-corrected chi connectivity index (χ1v) is 10.3. The van der Waals surface area contributed by atoms with Crippen LogP contribution >= 0.6 is 0 Å². The molecule has 0 amide bonds. The molecule has 0 aromatic carbocycles. The standard InChI is InChI=1S/C21H37NO/c1-4-14-12-16-17-6-5-9-19(17,2)10-8-18(16)20(3)11-7-15(23)13-21(14,20)22/h14-18,23H,4-13,22H2,1-3H3/t14-,15+,16?,17?,18?,19?,20?,21?/m0/s1. The molecule has 0 aliphatic heterocycles. The zero-order chi connectivity index (χ0) is 16.5. The minimum Gasteiger partial charge on any atom is -0.393 e. The molecule has 4 rings (SSSR count). The van der Waals surface area contributed by atoms with Gasteiger partial charge in [-0.1, -0.05) is 33.6 Å². The lowest BCUT2D eigenvalue weighted by Gasteiger charge is -2.67. The fourth-order valence-corrected chi connectivity index (χ4v) is 8.06. The predicted molar refractivity (Wildman–Crippen MR) is 94.9 cm³/mol. The van der Waals surface area contributed by atoms with Gasteiger partial charge in [0.1, 0.15) is 0 Å². The van der Waals surface area contributed by atoms with Crippen molar-refractivity contribution in [3.63, 3.8) is 0 Å². The summed E-state index contributed by atoms with van der Waals surface area (Å²) in [5.74, 6) is 3.26. The van der Waals surface area contributed by atoms with E-state index in [-0.39, 0.29) is 17.1 Å². The van der Waals surface area contributed by atoms with Gasteiger partial charge in [0, 0.05) is 5.54 Å². The summed E-state index contributed by atoms with van der Waals surface area (Å²) in [6.07, 6.45) is 12.5. The maximum atomic E-state index is 10.3. The number of rotatable bonds is 1. The van der Waals surface area contributed by atoms with Crippen LogP contribution in [-0.4, -0.2) is 16.7 Å². The number of aliphatic hydroxyl groups is 1. The Kier molecular flexibility index (Phi) is 3.71. The van der Waals surface area contributed by atoms with Gasteiger partial charge >= 0.3 is 0 Å². The first-order valence-electron chi connectivity index (χ1n) is 10.3. The normalized spacial score (nSPS) is 59.1. The summed E-state index contributed by atoms with van der Waals surface area (Å²) in [6, 6.07) is 0. The number of hydrogen-bond acceptors (Lipinski definition) is 2. The van der Waals surface area contributed by atoms with Gasteiger partial charge in [0.15, 0.2) is 0 Å². The van der Waals surface area contributed by atoms with Crippen LogP contribution in [0.2, 0.25) is 0 Å². The largest absolute Gasteiger partial charge is 0.393 e. The highest BCUT2D eigenvalue weighted by Crippen LogP contribution is 2.68. The summed E-state index contributed by atoms with van der Waals surface area (Å²) < 4.78 is 0. The highest BCUT2D eigenvalue weighted by atomic mass is 16.3.